The van der Waals surface area contributed by atoms with Crippen molar-refractivity contribution in [2.75, 3.05) is 0 Å². The zero-order chi connectivity index (χ0) is 9.38. The van der Waals surface area contributed by atoms with Gasteiger partial charge in [0.15, 0.2) is 5.82 Å². The third-order valence-electron chi connectivity index (χ3n) is 2.18. The van der Waals surface area contributed by atoms with E-state index in [1.807, 2.05) is 41.0 Å². The Hall–Kier alpha value is -2.03. The highest BCUT2D eigenvalue weighted by Gasteiger charge is 2.04. The fourth-order valence-electron chi connectivity index (χ4n) is 1.53. The van der Waals surface area contributed by atoms with Gasteiger partial charge in [0, 0.05) is 11.5 Å². The maximum atomic E-state index is 4.80. The molecule has 14 heavy (non-hydrogen) atoms. The standard InChI is InChI=1S/C11H7N2O/c1-2-4-10-9(3-1)5-7-13(10)11-6-8-14-12-11/h1-6,8H. The third-order valence-corrected chi connectivity index (χ3v) is 2.18. The molecule has 67 valence electrons. The molecule has 0 atom stereocenters. The van der Waals surface area contributed by atoms with Crippen LogP contribution in [-0.4, -0.2) is 9.72 Å². The summed E-state index contributed by atoms with van der Waals surface area (Å²) in [5, 5.41) is 5.01. The molecule has 0 amide bonds. The van der Waals surface area contributed by atoms with Gasteiger partial charge in [0.05, 0.1) is 11.7 Å². The van der Waals surface area contributed by atoms with Gasteiger partial charge in [-0.1, -0.05) is 23.4 Å². The number of benzene rings is 1. The molecule has 3 nitrogen and oxygen atoms in total. The van der Waals surface area contributed by atoms with E-state index < -0.39 is 0 Å². The molecule has 3 rings (SSSR count). The van der Waals surface area contributed by atoms with Crippen LogP contribution in [0, 0.1) is 6.20 Å². The second kappa shape index (κ2) is 2.73. The average molecular weight is 183 g/mol. The van der Waals surface area contributed by atoms with E-state index in [4.69, 9.17) is 4.52 Å². The predicted octanol–water partition coefficient (Wildman–Crippen LogP) is 2.42. The van der Waals surface area contributed by atoms with Gasteiger partial charge in [-0.15, -0.1) is 0 Å². The van der Waals surface area contributed by atoms with Gasteiger partial charge in [-0.05, 0) is 12.1 Å². The Bertz CT molecular complexity index is 551. The summed E-state index contributed by atoms with van der Waals surface area (Å²) in [5.41, 5.74) is 1.08. The third kappa shape index (κ3) is 0.956. The summed E-state index contributed by atoms with van der Waals surface area (Å²) in [6, 6.07) is 11.8. The fraction of sp³-hybridized carbons (Fsp3) is 0. The topological polar surface area (TPSA) is 31.0 Å². The van der Waals surface area contributed by atoms with Crippen molar-refractivity contribution in [2.24, 2.45) is 0 Å². The Kier molecular flexibility index (Phi) is 1.44. The quantitative estimate of drug-likeness (QED) is 0.580. The Morgan fingerprint density at radius 3 is 3.00 bits per heavy atom. The molecule has 3 aromatic rings. The van der Waals surface area contributed by atoms with E-state index >= 15 is 0 Å². The molecule has 0 aliphatic carbocycles. The monoisotopic (exact) mass is 183 g/mol. The Balaban J connectivity index is 2.33. The van der Waals surface area contributed by atoms with Gasteiger partial charge in [0.1, 0.15) is 6.26 Å². The number of para-hydroxylation sites is 1. The first-order valence-corrected chi connectivity index (χ1v) is 4.34. The summed E-state index contributed by atoms with van der Waals surface area (Å²) >= 11 is 0. The number of fused-ring (bicyclic) bond motifs is 1. The van der Waals surface area contributed by atoms with Crippen molar-refractivity contribution in [3.05, 3.63) is 48.9 Å². The summed E-state index contributed by atoms with van der Waals surface area (Å²) in [7, 11) is 0. The molecule has 0 aliphatic heterocycles. The first-order chi connectivity index (χ1) is 6.95. The first kappa shape index (κ1) is 7.38. The molecule has 2 aromatic heterocycles. The molecule has 0 fully saturated rings. The zero-order valence-corrected chi connectivity index (χ0v) is 7.34. The number of nitrogens with zero attached hydrogens (tertiary/aromatic N) is 2. The van der Waals surface area contributed by atoms with Crippen LogP contribution in [0.1, 0.15) is 0 Å². The maximum absolute atomic E-state index is 4.80. The minimum Gasteiger partial charge on any atom is -0.363 e. The number of aromatic nitrogens is 2. The van der Waals surface area contributed by atoms with Gasteiger partial charge in [-0.25, -0.2) is 0 Å². The van der Waals surface area contributed by atoms with Crippen LogP contribution in [-0.2, 0) is 0 Å². The second-order valence-corrected chi connectivity index (χ2v) is 3.03. The van der Waals surface area contributed by atoms with Gasteiger partial charge in [-0.2, -0.15) is 0 Å². The van der Waals surface area contributed by atoms with Crippen LogP contribution in [0.4, 0.5) is 0 Å². The largest absolute Gasteiger partial charge is 0.363 e. The molecule has 0 N–H and O–H groups in total. The van der Waals surface area contributed by atoms with E-state index in [0.717, 1.165) is 16.7 Å². The van der Waals surface area contributed by atoms with Gasteiger partial charge in [0.2, 0.25) is 0 Å². The zero-order valence-electron chi connectivity index (χ0n) is 7.34. The number of hydrogen-bond donors (Lipinski definition) is 0. The molecule has 1 radical (unpaired) electrons. The van der Waals surface area contributed by atoms with E-state index in [2.05, 4.69) is 11.4 Å². The summed E-state index contributed by atoms with van der Waals surface area (Å²) in [4.78, 5) is 0. The van der Waals surface area contributed by atoms with Crippen LogP contribution in [0.2, 0.25) is 0 Å². The minimum atomic E-state index is 0.756. The van der Waals surface area contributed by atoms with E-state index in [0.29, 0.717) is 0 Å². The van der Waals surface area contributed by atoms with Crippen LogP contribution in [0.25, 0.3) is 16.7 Å². The molecule has 0 aliphatic rings. The number of hydrogen-bond acceptors (Lipinski definition) is 2. The van der Waals surface area contributed by atoms with Crippen molar-refractivity contribution in [1.82, 2.24) is 9.72 Å². The van der Waals surface area contributed by atoms with Gasteiger partial charge in [-0.3, -0.25) is 4.57 Å². The fourth-order valence-corrected chi connectivity index (χ4v) is 1.53. The van der Waals surface area contributed by atoms with Crippen molar-refractivity contribution < 1.29 is 4.52 Å². The van der Waals surface area contributed by atoms with Crippen molar-refractivity contribution >= 4 is 10.9 Å². The van der Waals surface area contributed by atoms with Gasteiger partial charge in [0.25, 0.3) is 0 Å². The molecule has 3 heteroatoms. The van der Waals surface area contributed by atoms with Crippen LogP contribution in [0.15, 0.2) is 47.2 Å². The lowest BCUT2D eigenvalue weighted by molar-refractivity contribution is 0.417. The van der Waals surface area contributed by atoms with Crippen LogP contribution >= 0.6 is 0 Å². The van der Waals surface area contributed by atoms with Crippen molar-refractivity contribution in [1.29, 1.82) is 0 Å². The Labute approximate surface area is 80.6 Å². The summed E-state index contributed by atoms with van der Waals surface area (Å²) < 4.78 is 6.67. The van der Waals surface area contributed by atoms with Crippen molar-refractivity contribution in [3.63, 3.8) is 0 Å². The van der Waals surface area contributed by atoms with E-state index in [9.17, 15) is 0 Å². The lowest BCUT2D eigenvalue weighted by Crippen LogP contribution is -1.90. The smallest absolute Gasteiger partial charge is 0.181 e. The van der Waals surface area contributed by atoms with Crippen molar-refractivity contribution in [2.45, 2.75) is 0 Å². The lowest BCUT2D eigenvalue weighted by atomic mass is 10.2. The molecule has 0 saturated carbocycles. The van der Waals surface area contributed by atoms with Crippen LogP contribution < -0.4 is 0 Å². The Morgan fingerprint density at radius 1 is 1.21 bits per heavy atom. The molecule has 0 bridgehead atoms. The highest BCUT2D eigenvalue weighted by atomic mass is 16.5. The van der Waals surface area contributed by atoms with Gasteiger partial charge < -0.3 is 4.52 Å². The highest BCUT2D eigenvalue weighted by Crippen LogP contribution is 2.17. The second-order valence-electron chi connectivity index (χ2n) is 3.03. The van der Waals surface area contributed by atoms with Crippen LogP contribution in [0.3, 0.4) is 0 Å². The molecular weight excluding hydrogens is 176 g/mol. The minimum absolute atomic E-state index is 0.756. The van der Waals surface area contributed by atoms with Crippen molar-refractivity contribution in [3.8, 4) is 5.82 Å². The lowest BCUT2D eigenvalue weighted by Gasteiger charge is -1.97. The van der Waals surface area contributed by atoms with Crippen LogP contribution in [0.5, 0.6) is 0 Å². The maximum Gasteiger partial charge on any atom is 0.181 e. The van der Waals surface area contributed by atoms with Gasteiger partial charge >= 0.3 is 0 Å². The molecule has 0 spiro atoms. The number of rotatable bonds is 1. The molecule has 0 unspecified atom stereocenters. The average Bonchev–Trinajstić information content (AvgIpc) is 2.85. The SMILES string of the molecule is [c]1cc2ccccc2n1-c1ccon1. The van der Waals surface area contributed by atoms with E-state index in [1.54, 1.807) is 6.26 Å². The van der Waals surface area contributed by atoms with E-state index in [1.165, 1.54) is 0 Å². The normalized spacial score (nSPS) is 10.9. The molecule has 0 saturated heterocycles. The molecular formula is C11H7N2O. The molecule has 2 heterocycles. The highest BCUT2D eigenvalue weighted by molar-refractivity contribution is 5.81. The summed E-state index contributed by atoms with van der Waals surface area (Å²) in [6.07, 6.45) is 4.66. The summed E-state index contributed by atoms with van der Waals surface area (Å²) in [6.45, 7) is 0. The van der Waals surface area contributed by atoms with E-state index in [-0.39, 0.29) is 0 Å². The molecule has 1 aromatic carbocycles. The first-order valence-electron chi connectivity index (χ1n) is 4.34. The predicted molar refractivity (Wildman–Crippen MR) is 52.2 cm³/mol. The Morgan fingerprint density at radius 2 is 2.14 bits per heavy atom. The summed E-state index contributed by atoms with van der Waals surface area (Å²) in [5.74, 6) is 0.756.